The normalized spacial score (nSPS) is 20.4. The second-order valence-electron chi connectivity index (χ2n) is 6.05. The number of anilines is 1. The van der Waals surface area contributed by atoms with E-state index in [1.807, 2.05) is 23.2 Å². The van der Waals surface area contributed by atoms with Gasteiger partial charge in [-0.3, -0.25) is 15.0 Å². The number of hydrogen-bond donors (Lipinski definition) is 2. The smallest absolute Gasteiger partial charge is 0.267 e. The third-order valence-electron chi connectivity index (χ3n) is 4.39. The average Bonchev–Trinajstić information content (AvgIpc) is 2.95. The van der Waals surface area contributed by atoms with Crippen molar-refractivity contribution in [1.82, 2.24) is 10.4 Å². The van der Waals surface area contributed by atoms with Crippen LogP contribution < -0.4 is 15.2 Å². The Labute approximate surface area is 130 Å². The number of carbonyl (C=O) groups excluding carboxylic acids is 2. The first-order chi connectivity index (χ1) is 10.6. The largest absolute Gasteiger partial charge is 0.335 e. The third kappa shape index (κ3) is 3.13. The van der Waals surface area contributed by atoms with Gasteiger partial charge in [-0.25, -0.2) is 5.01 Å². The van der Waals surface area contributed by atoms with Gasteiger partial charge in [-0.1, -0.05) is 12.1 Å². The van der Waals surface area contributed by atoms with Crippen molar-refractivity contribution in [3.05, 3.63) is 29.8 Å². The SMILES string of the molecule is C[NH+]1CCN(NC(=O)c2ccccc2N2CCCC2=O)CC1. The summed E-state index contributed by atoms with van der Waals surface area (Å²) in [6.45, 7) is 4.44. The van der Waals surface area contributed by atoms with Gasteiger partial charge in [-0.15, -0.1) is 0 Å². The van der Waals surface area contributed by atoms with Crippen molar-refractivity contribution in [3.63, 3.8) is 0 Å². The molecule has 0 atom stereocenters. The number of quaternary nitrogens is 1. The number of carbonyl (C=O) groups is 2. The lowest BCUT2D eigenvalue weighted by Gasteiger charge is -2.30. The predicted molar refractivity (Wildman–Crippen MR) is 83.7 cm³/mol. The summed E-state index contributed by atoms with van der Waals surface area (Å²) < 4.78 is 0. The number of hydrazine groups is 1. The Hall–Kier alpha value is -1.92. The van der Waals surface area contributed by atoms with Gasteiger partial charge in [0.25, 0.3) is 5.91 Å². The number of para-hydroxylation sites is 1. The van der Waals surface area contributed by atoms with E-state index in [2.05, 4.69) is 12.5 Å². The second-order valence-corrected chi connectivity index (χ2v) is 6.05. The highest BCUT2D eigenvalue weighted by atomic mass is 16.2. The molecule has 22 heavy (non-hydrogen) atoms. The average molecular weight is 303 g/mol. The van der Waals surface area contributed by atoms with E-state index < -0.39 is 0 Å². The highest BCUT2D eigenvalue weighted by Gasteiger charge is 2.26. The molecule has 2 saturated heterocycles. The summed E-state index contributed by atoms with van der Waals surface area (Å²) in [7, 11) is 2.16. The fourth-order valence-corrected chi connectivity index (χ4v) is 3.01. The van der Waals surface area contributed by atoms with Crippen LogP contribution >= 0.6 is 0 Å². The molecule has 0 spiro atoms. The van der Waals surface area contributed by atoms with Crippen molar-refractivity contribution in [2.24, 2.45) is 0 Å². The number of nitrogens with one attached hydrogen (secondary N) is 2. The number of likely N-dealkylation sites (N-methyl/N-ethyl adjacent to an activating group) is 1. The molecule has 2 amide bonds. The standard InChI is InChI=1S/C16H22N4O2/c1-18-9-11-19(12-10-18)17-16(22)13-5-2-3-6-14(13)20-8-4-7-15(20)21/h2-3,5-6H,4,7-12H2,1H3,(H,17,22)/p+1. The van der Waals surface area contributed by atoms with Crippen molar-refractivity contribution in [3.8, 4) is 0 Å². The van der Waals surface area contributed by atoms with Gasteiger partial charge < -0.3 is 9.80 Å². The van der Waals surface area contributed by atoms with Gasteiger partial charge in [0.05, 0.1) is 44.5 Å². The molecule has 0 unspecified atom stereocenters. The zero-order chi connectivity index (χ0) is 15.5. The number of hydrogen-bond acceptors (Lipinski definition) is 3. The summed E-state index contributed by atoms with van der Waals surface area (Å²) in [4.78, 5) is 27.7. The van der Waals surface area contributed by atoms with Gasteiger partial charge in [0.15, 0.2) is 0 Å². The monoisotopic (exact) mass is 303 g/mol. The molecule has 1 aromatic rings. The summed E-state index contributed by atoms with van der Waals surface area (Å²) in [6.07, 6.45) is 1.42. The molecule has 2 aliphatic rings. The van der Waals surface area contributed by atoms with Crippen LogP contribution in [0, 0.1) is 0 Å². The van der Waals surface area contributed by atoms with Crippen molar-refractivity contribution in [1.29, 1.82) is 0 Å². The van der Waals surface area contributed by atoms with Gasteiger partial charge in [0.1, 0.15) is 0 Å². The minimum absolute atomic E-state index is 0.100. The fourth-order valence-electron chi connectivity index (χ4n) is 3.01. The van der Waals surface area contributed by atoms with Crippen molar-refractivity contribution < 1.29 is 14.5 Å². The number of amides is 2. The van der Waals surface area contributed by atoms with Crippen molar-refractivity contribution >= 4 is 17.5 Å². The zero-order valence-corrected chi connectivity index (χ0v) is 13.0. The Bertz CT molecular complexity index is 567. The van der Waals surface area contributed by atoms with E-state index in [1.54, 1.807) is 11.0 Å². The highest BCUT2D eigenvalue weighted by Crippen LogP contribution is 2.25. The molecule has 6 nitrogen and oxygen atoms in total. The molecule has 3 rings (SSSR count). The van der Waals surface area contributed by atoms with Crippen LogP contribution in [0.15, 0.2) is 24.3 Å². The molecular weight excluding hydrogens is 280 g/mol. The second kappa shape index (κ2) is 6.46. The first-order valence-electron chi connectivity index (χ1n) is 7.92. The minimum Gasteiger partial charge on any atom is -0.335 e. The molecule has 0 aromatic heterocycles. The lowest BCUT2D eigenvalue weighted by molar-refractivity contribution is -0.884. The molecule has 2 N–H and O–H groups in total. The molecule has 0 saturated carbocycles. The molecule has 118 valence electrons. The van der Waals surface area contributed by atoms with Crippen molar-refractivity contribution in [2.45, 2.75) is 12.8 Å². The van der Waals surface area contributed by atoms with Crippen LogP contribution in [0.5, 0.6) is 0 Å². The van der Waals surface area contributed by atoms with Crippen LogP contribution in [0.3, 0.4) is 0 Å². The van der Waals surface area contributed by atoms with Crippen LogP contribution in [0.4, 0.5) is 5.69 Å². The number of benzene rings is 1. The lowest BCUT2D eigenvalue weighted by Crippen LogP contribution is -3.12. The van der Waals surface area contributed by atoms with Gasteiger partial charge in [-0.05, 0) is 18.6 Å². The maximum atomic E-state index is 12.6. The van der Waals surface area contributed by atoms with Crippen LogP contribution in [0.1, 0.15) is 23.2 Å². The molecule has 6 heteroatoms. The fraction of sp³-hybridized carbons (Fsp3) is 0.500. The van der Waals surface area contributed by atoms with Crippen LogP contribution in [0.2, 0.25) is 0 Å². The molecule has 0 aliphatic carbocycles. The first kappa shape index (κ1) is 15.0. The van der Waals surface area contributed by atoms with Crippen LogP contribution in [-0.4, -0.2) is 56.6 Å². The van der Waals surface area contributed by atoms with E-state index in [9.17, 15) is 9.59 Å². The Morgan fingerprint density at radius 2 is 1.91 bits per heavy atom. The quantitative estimate of drug-likeness (QED) is 0.775. The summed E-state index contributed by atoms with van der Waals surface area (Å²) in [5, 5.41) is 1.97. The Morgan fingerprint density at radius 1 is 1.18 bits per heavy atom. The van der Waals surface area contributed by atoms with E-state index >= 15 is 0 Å². The Morgan fingerprint density at radius 3 is 2.59 bits per heavy atom. The molecule has 2 aliphatic heterocycles. The highest BCUT2D eigenvalue weighted by molar-refractivity contribution is 6.05. The first-order valence-corrected chi connectivity index (χ1v) is 7.92. The summed E-state index contributed by atoms with van der Waals surface area (Å²) in [5.41, 5.74) is 4.27. The van der Waals surface area contributed by atoms with E-state index in [-0.39, 0.29) is 11.8 Å². The van der Waals surface area contributed by atoms with E-state index in [4.69, 9.17) is 0 Å². The maximum Gasteiger partial charge on any atom is 0.267 e. The maximum absolute atomic E-state index is 12.6. The van der Waals surface area contributed by atoms with Crippen molar-refractivity contribution in [2.75, 3.05) is 44.7 Å². The van der Waals surface area contributed by atoms with Gasteiger partial charge >= 0.3 is 0 Å². The summed E-state index contributed by atoms with van der Waals surface area (Å²) >= 11 is 0. The lowest BCUT2D eigenvalue weighted by atomic mass is 10.1. The molecule has 0 bridgehead atoms. The Balaban J connectivity index is 1.74. The summed E-state index contributed by atoms with van der Waals surface area (Å²) in [5.74, 6) is -0.0294. The molecule has 2 fully saturated rings. The van der Waals surface area contributed by atoms with Gasteiger partial charge in [-0.2, -0.15) is 0 Å². The molecule has 1 aromatic carbocycles. The number of rotatable bonds is 3. The van der Waals surface area contributed by atoms with Crippen LogP contribution in [-0.2, 0) is 4.79 Å². The van der Waals surface area contributed by atoms with E-state index in [1.165, 1.54) is 4.90 Å². The minimum atomic E-state index is -0.130. The number of piperazine rings is 1. The predicted octanol–water partition coefficient (Wildman–Crippen LogP) is -0.711. The molecular formula is C16H23N4O2+. The Kier molecular flexibility index (Phi) is 4.40. The van der Waals surface area contributed by atoms with Gasteiger partial charge in [0.2, 0.25) is 5.91 Å². The third-order valence-corrected chi connectivity index (χ3v) is 4.39. The van der Waals surface area contributed by atoms with E-state index in [0.29, 0.717) is 18.5 Å². The molecule has 0 radical (unpaired) electrons. The zero-order valence-electron chi connectivity index (χ0n) is 13.0. The summed E-state index contributed by atoms with van der Waals surface area (Å²) in [6, 6.07) is 7.36. The number of nitrogens with zero attached hydrogens (tertiary/aromatic N) is 2. The van der Waals surface area contributed by atoms with Gasteiger partial charge in [0, 0.05) is 13.0 Å². The van der Waals surface area contributed by atoms with E-state index in [0.717, 1.165) is 38.3 Å². The topological polar surface area (TPSA) is 57.1 Å². The van der Waals surface area contributed by atoms with Crippen LogP contribution in [0.25, 0.3) is 0 Å². The molecule has 2 heterocycles.